The van der Waals surface area contributed by atoms with Crippen LogP contribution in [-0.4, -0.2) is 43.9 Å². The second-order valence-corrected chi connectivity index (χ2v) is 3.83. The molecule has 0 aromatic heterocycles. The number of aliphatic hydroxyl groups is 1. The number of aliphatic hydroxyl groups excluding tert-OH is 1. The smallest absolute Gasteiger partial charge is 0.387 e. The van der Waals surface area contributed by atoms with E-state index in [-0.39, 0.29) is 18.1 Å². The lowest BCUT2D eigenvalue weighted by Gasteiger charge is -2.16. The van der Waals surface area contributed by atoms with Crippen molar-refractivity contribution >= 4 is 0 Å². The zero-order valence-corrected chi connectivity index (χ0v) is 10.4. The van der Waals surface area contributed by atoms with Gasteiger partial charge >= 0.3 is 6.61 Å². The lowest BCUT2D eigenvalue weighted by atomic mass is 10.2. The van der Waals surface area contributed by atoms with Gasteiger partial charge in [-0.25, -0.2) is 0 Å². The minimum atomic E-state index is -2.87. The predicted octanol–water partition coefficient (Wildman–Crippen LogP) is 1.72. The van der Waals surface area contributed by atoms with Gasteiger partial charge in [-0.3, -0.25) is 4.90 Å². The first-order chi connectivity index (χ1) is 8.56. The molecule has 0 bridgehead atoms. The van der Waals surface area contributed by atoms with Crippen LogP contribution in [0, 0.1) is 0 Å². The second kappa shape index (κ2) is 7.13. The van der Waals surface area contributed by atoms with Crippen LogP contribution < -0.4 is 9.47 Å². The van der Waals surface area contributed by atoms with Crippen LogP contribution in [0.5, 0.6) is 11.5 Å². The second-order valence-electron chi connectivity index (χ2n) is 3.83. The van der Waals surface area contributed by atoms with Crippen molar-refractivity contribution in [1.82, 2.24) is 4.90 Å². The maximum atomic E-state index is 12.1. The van der Waals surface area contributed by atoms with Crippen molar-refractivity contribution in [3.63, 3.8) is 0 Å². The lowest BCUT2D eigenvalue weighted by Crippen LogP contribution is -2.21. The van der Waals surface area contributed by atoms with Gasteiger partial charge in [-0.2, -0.15) is 8.78 Å². The van der Waals surface area contributed by atoms with Crippen LogP contribution in [0.1, 0.15) is 5.56 Å². The molecule has 18 heavy (non-hydrogen) atoms. The number of ether oxygens (including phenoxy) is 2. The van der Waals surface area contributed by atoms with E-state index in [4.69, 9.17) is 9.84 Å². The van der Waals surface area contributed by atoms with E-state index in [1.807, 2.05) is 11.9 Å². The summed E-state index contributed by atoms with van der Waals surface area (Å²) in [6.45, 7) is -1.68. The third-order valence-corrected chi connectivity index (χ3v) is 2.38. The van der Waals surface area contributed by atoms with E-state index in [0.717, 1.165) is 5.56 Å². The number of likely N-dealkylation sites (N-methyl/N-ethyl adjacent to an activating group) is 1. The molecule has 1 rings (SSSR count). The molecule has 0 fully saturated rings. The third-order valence-electron chi connectivity index (χ3n) is 2.38. The van der Waals surface area contributed by atoms with Gasteiger partial charge in [0.25, 0.3) is 0 Å². The van der Waals surface area contributed by atoms with Crippen molar-refractivity contribution < 1.29 is 23.4 Å². The maximum absolute atomic E-state index is 12.1. The number of methoxy groups -OCH3 is 1. The van der Waals surface area contributed by atoms with E-state index in [2.05, 4.69) is 4.74 Å². The van der Waals surface area contributed by atoms with Crippen LogP contribution in [0.15, 0.2) is 18.2 Å². The lowest BCUT2D eigenvalue weighted by molar-refractivity contribution is -0.0512. The first kappa shape index (κ1) is 14.7. The van der Waals surface area contributed by atoms with Gasteiger partial charge in [0.05, 0.1) is 13.7 Å². The summed E-state index contributed by atoms with van der Waals surface area (Å²) in [7, 11) is 3.25. The maximum Gasteiger partial charge on any atom is 0.387 e. The van der Waals surface area contributed by atoms with Crippen LogP contribution >= 0.6 is 0 Å². The van der Waals surface area contributed by atoms with Crippen molar-refractivity contribution in [2.75, 3.05) is 27.3 Å². The standard InChI is InChI=1S/C12H17F2NO3/c1-15(5-6-16)8-9-3-4-10(18-12(13)14)11(7-9)17-2/h3-4,7,12,16H,5-6,8H2,1-2H3. The van der Waals surface area contributed by atoms with Crippen LogP contribution in [0.4, 0.5) is 8.78 Å². The number of hydrogen-bond acceptors (Lipinski definition) is 4. The zero-order chi connectivity index (χ0) is 13.5. The Morgan fingerprint density at radius 1 is 1.33 bits per heavy atom. The van der Waals surface area contributed by atoms with E-state index < -0.39 is 6.61 Å². The number of hydrogen-bond donors (Lipinski definition) is 1. The summed E-state index contributed by atoms with van der Waals surface area (Å²) in [5.41, 5.74) is 0.893. The van der Waals surface area contributed by atoms with Gasteiger partial charge < -0.3 is 14.6 Å². The summed E-state index contributed by atoms with van der Waals surface area (Å²) in [6, 6.07) is 4.78. The Kier molecular flexibility index (Phi) is 5.80. The Bertz CT molecular complexity index is 374. The van der Waals surface area contributed by atoms with Gasteiger partial charge in [-0.05, 0) is 24.7 Å². The highest BCUT2D eigenvalue weighted by Gasteiger charge is 2.11. The Balaban J connectivity index is 2.78. The molecule has 0 radical (unpaired) electrons. The van der Waals surface area contributed by atoms with Crippen molar-refractivity contribution in [2.45, 2.75) is 13.2 Å². The first-order valence-corrected chi connectivity index (χ1v) is 5.48. The molecule has 1 aromatic rings. The molecular weight excluding hydrogens is 244 g/mol. The fraction of sp³-hybridized carbons (Fsp3) is 0.500. The fourth-order valence-electron chi connectivity index (χ4n) is 1.57. The predicted molar refractivity (Wildman–Crippen MR) is 63.0 cm³/mol. The first-order valence-electron chi connectivity index (χ1n) is 5.48. The van der Waals surface area contributed by atoms with E-state index in [1.54, 1.807) is 12.1 Å². The molecule has 1 aromatic carbocycles. The highest BCUT2D eigenvalue weighted by Crippen LogP contribution is 2.29. The molecule has 0 aliphatic heterocycles. The molecule has 6 heteroatoms. The van der Waals surface area contributed by atoms with Crippen molar-refractivity contribution in [2.24, 2.45) is 0 Å². The summed E-state index contributed by atoms with van der Waals surface area (Å²) < 4.78 is 33.6. The van der Waals surface area contributed by atoms with Crippen LogP contribution in [0.25, 0.3) is 0 Å². The molecule has 0 spiro atoms. The SMILES string of the molecule is COc1cc(CN(C)CCO)ccc1OC(F)F. The summed E-state index contributed by atoms with van der Waals surface area (Å²) >= 11 is 0. The number of halogens is 2. The van der Waals surface area contributed by atoms with E-state index >= 15 is 0 Å². The molecule has 1 N–H and O–H groups in total. The molecule has 4 nitrogen and oxygen atoms in total. The molecule has 0 aliphatic carbocycles. The van der Waals surface area contributed by atoms with E-state index in [0.29, 0.717) is 13.1 Å². The van der Waals surface area contributed by atoms with Gasteiger partial charge in [-0.15, -0.1) is 0 Å². The van der Waals surface area contributed by atoms with E-state index in [9.17, 15) is 8.78 Å². The van der Waals surface area contributed by atoms with Crippen molar-refractivity contribution in [3.05, 3.63) is 23.8 Å². The average Bonchev–Trinajstić information content (AvgIpc) is 2.30. The minimum absolute atomic E-state index is 0.0149. The Morgan fingerprint density at radius 2 is 2.06 bits per heavy atom. The van der Waals surface area contributed by atoms with Crippen molar-refractivity contribution in [1.29, 1.82) is 0 Å². The zero-order valence-electron chi connectivity index (χ0n) is 10.4. The van der Waals surface area contributed by atoms with Gasteiger partial charge in [0.15, 0.2) is 11.5 Å². The third kappa shape index (κ3) is 4.46. The van der Waals surface area contributed by atoms with Crippen LogP contribution in [0.2, 0.25) is 0 Å². The Labute approximate surface area is 105 Å². The fourth-order valence-corrected chi connectivity index (χ4v) is 1.57. The largest absolute Gasteiger partial charge is 0.493 e. The van der Waals surface area contributed by atoms with Crippen LogP contribution in [0.3, 0.4) is 0 Å². The molecule has 102 valence electrons. The van der Waals surface area contributed by atoms with Crippen LogP contribution in [-0.2, 0) is 6.54 Å². The van der Waals surface area contributed by atoms with Gasteiger partial charge in [0, 0.05) is 13.1 Å². The summed E-state index contributed by atoms with van der Waals surface area (Å²) in [5, 5.41) is 8.79. The molecule has 0 heterocycles. The van der Waals surface area contributed by atoms with Gasteiger partial charge in [0.1, 0.15) is 0 Å². The minimum Gasteiger partial charge on any atom is -0.493 e. The molecular formula is C12H17F2NO3. The average molecular weight is 261 g/mol. The topological polar surface area (TPSA) is 41.9 Å². The van der Waals surface area contributed by atoms with E-state index in [1.165, 1.54) is 13.2 Å². The molecule has 0 atom stereocenters. The highest BCUT2D eigenvalue weighted by molar-refractivity contribution is 5.42. The molecule has 0 unspecified atom stereocenters. The number of rotatable bonds is 7. The number of alkyl halides is 2. The number of nitrogens with zero attached hydrogens (tertiary/aromatic N) is 1. The monoisotopic (exact) mass is 261 g/mol. The highest BCUT2D eigenvalue weighted by atomic mass is 19.3. The normalized spacial score (nSPS) is 11.1. The summed E-state index contributed by atoms with van der Waals surface area (Å²) in [6.07, 6.45) is 0. The number of benzene rings is 1. The van der Waals surface area contributed by atoms with Gasteiger partial charge in [0.2, 0.25) is 0 Å². The molecule has 0 saturated carbocycles. The van der Waals surface area contributed by atoms with Gasteiger partial charge in [-0.1, -0.05) is 6.07 Å². The van der Waals surface area contributed by atoms with Crippen molar-refractivity contribution in [3.8, 4) is 11.5 Å². The summed E-state index contributed by atoms with van der Waals surface area (Å²) in [5.74, 6) is 0.284. The summed E-state index contributed by atoms with van der Waals surface area (Å²) in [4.78, 5) is 1.91. The Morgan fingerprint density at radius 3 is 2.61 bits per heavy atom. The molecule has 0 aliphatic rings. The Hall–Kier alpha value is -1.40. The quantitative estimate of drug-likeness (QED) is 0.811. The molecule has 0 saturated heterocycles. The molecule has 0 amide bonds.